The third-order valence-electron chi connectivity index (χ3n) is 8.83. The number of anilines is 3. The molecule has 0 saturated heterocycles. The zero-order valence-electron chi connectivity index (χ0n) is 23.5. The number of rotatable bonds is 3. The summed E-state index contributed by atoms with van der Waals surface area (Å²) in [6.45, 7) is 0. The molecule has 10 aromatic rings. The molecule has 0 aliphatic carbocycles. The van der Waals surface area contributed by atoms with Crippen LogP contribution in [-0.2, 0) is 0 Å². The van der Waals surface area contributed by atoms with E-state index >= 15 is 0 Å². The van der Waals surface area contributed by atoms with Crippen molar-refractivity contribution in [1.29, 1.82) is 0 Å². The molecule has 44 heavy (non-hydrogen) atoms. The Labute approximate surface area is 255 Å². The van der Waals surface area contributed by atoms with Crippen molar-refractivity contribution in [3.63, 3.8) is 0 Å². The second-order valence-corrected chi connectivity index (χ2v) is 12.4. The van der Waals surface area contributed by atoms with Gasteiger partial charge in [0.25, 0.3) is 0 Å². The Morgan fingerprint density at radius 1 is 0.432 bits per heavy atom. The van der Waals surface area contributed by atoms with Gasteiger partial charge in [-0.15, -0.1) is 11.3 Å². The summed E-state index contributed by atoms with van der Waals surface area (Å²) in [7, 11) is 0. The normalized spacial score (nSPS) is 12.1. The number of hydrogen-bond donors (Lipinski definition) is 0. The van der Waals surface area contributed by atoms with Crippen LogP contribution >= 0.6 is 11.3 Å². The van der Waals surface area contributed by atoms with Gasteiger partial charge in [0.1, 0.15) is 22.3 Å². The van der Waals surface area contributed by atoms with Crippen molar-refractivity contribution in [2.45, 2.75) is 0 Å². The van der Waals surface area contributed by atoms with Gasteiger partial charge in [-0.3, -0.25) is 0 Å². The maximum absolute atomic E-state index is 6.61. The minimum absolute atomic E-state index is 0.866. The van der Waals surface area contributed by atoms with E-state index in [0.717, 1.165) is 71.7 Å². The average molecular weight is 582 g/mol. The first kappa shape index (κ1) is 23.9. The summed E-state index contributed by atoms with van der Waals surface area (Å²) in [4.78, 5) is 2.37. The van der Waals surface area contributed by atoms with Gasteiger partial charge < -0.3 is 13.7 Å². The van der Waals surface area contributed by atoms with Gasteiger partial charge >= 0.3 is 0 Å². The first-order chi connectivity index (χ1) is 21.8. The molecule has 0 fully saturated rings. The number of fused-ring (bicyclic) bond motifs is 11. The Hall–Kier alpha value is -5.58. The van der Waals surface area contributed by atoms with E-state index < -0.39 is 0 Å². The summed E-state index contributed by atoms with van der Waals surface area (Å²) in [5, 5.41) is 9.20. The molecule has 0 radical (unpaired) electrons. The molecule has 0 aliphatic rings. The van der Waals surface area contributed by atoms with Crippen molar-refractivity contribution < 1.29 is 8.83 Å². The van der Waals surface area contributed by atoms with Crippen LogP contribution in [0.5, 0.6) is 0 Å². The lowest BCUT2D eigenvalue weighted by atomic mass is 10.0. The molecule has 4 heteroatoms. The van der Waals surface area contributed by atoms with Crippen molar-refractivity contribution in [2.75, 3.05) is 4.90 Å². The molecule has 0 bridgehead atoms. The summed E-state index contributed by atoms with van der Waals surface area (Å²) in [5.74, 6) is 0. The number of thiophene rings is 1. The van der Waals surface area contributed by atoms with E-state index in [2.05, 4.69) is 126 Å². The van der Waals surface area contributed by atoms with Crippen LogP contribution in [0.1, 0.15) is 0 Å². The molecule has 0 aliphatic heterocycles. The Morgan fingerprint density at radius 2 is 1.07 bits per heavy atom. The topological polar surface area (TPSA) is 29.5 Å². The molecule has 0 unspecified atom stereocenters. The van der Waals surface area contributed by atoms with Gasteiger partial charge in [0, 0.05) is 59.2 Å². The third kappa shape index (κ3) is 3.37. The smallest absolute Gasteiger partial charge is 0.145 e. The zero-order valence-corrected chi connectivity index (χ0v) is 24.3. The van der Waals surface area contributed by atoms with Crippen molar-refractivity contribution in [2.24, 2.45) is 0 Å². The number of furan rings is 2. The van der Waals surface area contributed by atoms with Gasteiger partial charge in [-0.1, -0.05) is 78.9 Å². The predicted molar refractivity (Wildman–Crippen MR) is 186 cm³/mol. The van der Waals surface area contributed by atoms with Crippen molar-refractivity contribution in [3.8, 4) is 0 Å². The summed E-state index contributed by atoms with van der Waals surface area (Å²) < 4.78 is 15.6. The summed E-state index contributed by atoms with van der Waals surface area (Å²) in [5.41, 5.74) is 6.72. The Bertz CT molecular complexity index is 2750. The third-order valence-corrected chi connectivity index (χ3v) is 9.98. The molecule has 206 valence electrons. The molecule has 0 amide bonds. The van der Waals surface area contributed by atoms with Gasteiger partial charge in [0.15, 0.2) is 0 Å². The average Bonchev–Trinajstić information content (AvgIpc) is 3.76. The van der Waals surface area contributed by atoms with Crippen LogP contribution in [0.15, 0.2) is 148 Å². The molecule has 0 spiro atoms. The lowest BCUT2D eigenvalue weighted by molar-refractivity contribution is 0.669. The Balaban J connectivity index is 1.33. The largest absolute Gasteiger partial charge is 0.456 e. The monoisotopic (exact) mass is 581 g/mol. The number of nitrogens with zero attached hydrogens (tertiary/aromatic N) is 1. The maximum Gasteiger partial charge on any atom is 0.145 e. The standard InChI is InChI=1S/C40H23NO2S/c1-2-10-27-24(9-1)21-33(39-31-13-4-7-15-35(31)43-40(27)39)41(25-18-20-38-32(22-25)30-12-5-8-16-37(30)44-38)26-17-19-29-28-11-3-6-14-34(28)42-36(29)23-26/h1-23H. The highest BCUT2D eigenvalue weighted by Gasteiger charge is 2.23. The van der Waals surface area contributed by atoms with E-state index in [-0.39, 0.29) is 0 Å². The van der Waals surface area contributed by atoms with Crippen LogP contribution in [0.4, 0.5) is 17.1 Å². The fraction of sp³-hybridized carbons (Fsp3) is 0. The number of benzene rings is 7. The van der Waals surface area contributed by atoms with E-state index in [0.29, 0.717) is 0 Å². The predicted octanol–water partition coefficient (Wildman–Crippen LogP) is 12.5. The zero-order chi connectivity index (χ0) is 28.8. The second kappa shape index (κ2) is 8.96. The van der Waals surface area contributed by atoms with Crippen LogP contribution in [0, 0.1) is 0 Å². The van der Waals surface area contributed by atoms with E-state index in [4.69, 9.17) is 8.83 Å². The van der Waals surface area contributed by atoms with Gasteiger partial charge in [0.2, 0.25) is 0 Å². The minimum atomic E-state index is 0.866. The number of hydrogen-bond acceptors (Lipinski definition) is 4. The molecular formula is C40H23NO2S. The highest BCUT2D eigenvalue weighted by Crippen LogP contribution is 2.48. The van der Waals surface area contributed by atoms with Crippen LogP contribution in [0.3, 0.4) is 0 Å². The molecule has 3 aromatic heterocycles. The summed E-state index contributed by atoms with van der Waals surface area (Å²) in [6, 6.07) is 49.5. The van der Waals surface area contributed by atoms with E-state index in [9.17, 15) is 0 Å². The van der Waals surface area contributed by atoms with Crippen LogP contribution in [0.2, 0.25) is 0 Å². The molecule has 0 N–H and O–H groups in total. The Kier molecular flexibility index (Phi) is 4.87. The second-order valence-electron chi connectivity index (χ2n) is 11.3. The molecular weight excluding hydrogens is 559 g/mol. The van der Waals surface area contributed by atoms with E-state index in [1.165, 1.54) is 20.2 Å². The van der Waals surface area contributed by atoms with Gasteiger partial charge in [0.05, 0.1) is 11.1 Å². The fourth-order valence-electron chi connectivity index (χ4n) is 6.85. The SMILES string of the molecule is c1ccc2c(c1)cc(N(c1ccc3c(c1)oc1ccccc13)c1ccc3sc4ccccc4c3c1)c1c3ccccc3oc21. The van der Waals surface area contributed by atoms with E-state index in [1.54, 1.807) is 0 Å². The number of para-hydroxylation sites is 2. The highest BCUT2D eigenvalue weighted by molar-refractivity contribution is 7.25. The molecule has 0 atom stereocenters. The van der Waals surface area contributed by atoms with Crippen molar-refractivity contribution in [1.82, 2.24) is 0 Å². The van der Waals surface area contributed by atoms with E-state index in [1.807, 2.05) is 29.5 Å². The highest BCUT2D eigenvalue weighted by atomic mass is 32.1. The first-order valence-corrected chi connectivity index (χ1v) is 15.6. The molecule has 7 aromatic carbocycles. The first-order valence-electron chi connectivity index (χ1n) is 14.8. The maximum atomic E-state index is 6.61. The minimum Gasteiger partial charge on any atom is -0.456 e. The summed E-state index contributed by atoms with van der Waals surface area (Å²) in [6.07, 6.45) is 0. The van der Waals surface area contributed by atoms with Crippen molar-refractivity contribution >= 4 is 103 Å². The van der Waals surface area contributed by atoms with Crippen LogP contribution in [-0.4, -0.2) is 0 Å². The lowest BCUT2D eigenvalue weighted by Crippen LogP contribution is -2.10. The van der Waals surface area contributed by atoms with Gasteiger partial charge in [-0.25, -0.2) is 0 Å². The quantitative estimate of drug-likeness (QED) is 0.208. The van der Waals surface area contributed by atoms with Gasteiger partial charge in [-0.05, 0) is 60.0 Å². The van der Waals surface area contributed by atoms with Gasteiger partial charge in [-0.2, -0.15) is 0 Å². The molecule has 3 heterocycles. The fourth-order valence-corrected chi connectivity index (χ4v) is 7.94. The van der Waals surface area contributed by atoms with Crippen LogP contribution < -0.4 is 4.90 Å². The van der Waals surface area contributed by atoms with Crippen LogP contribution in [0.25, 0.3) is 74.8 Å². The summed E-state index contributed by atoms with van der Waals surface area (Å²) >= 11 is 1.84. The Morgan fingerprint density at radius 3 is 1.95 bits per heavy atom. The molecule has 3 nitrogen and oxygen atoms in total. The lowest BCUT2D eigenvalue weighted by Gasteiger charge is -2.27. The molecule has 10 rings (SSSR count). The molecule has 0 saturated carbocycles. The van der Waals surface area contributed by atoms with Crippen molar-refractivity contribution in [3.05, 3.63) is 140 Å².